The maximum atomic E-state index is 12.6. The van der Waals surface area contributed by atoms with E-state index in [1.54, 1.807) is 0 Å². The Morgan fingerprint density at radius 1 is 1.04 bits per heavy atom. The monoisotopic (exact) mass is 377 g/mol. The van der Waals surface area contributed by atoms with Gasteiger partial charge < -0.3 is 19.1 Å². The summed E-state index contributed by atoms with van der Waals surface area (Å²) >= 11 is 0. The largest absolute Gasteiger partial charge is 0.378 e. The zero-order chi connectivity index (χ0) is 19.3. The van der Waals surface area contributed by atoms with Gasteiger partial charge in [-0.1, -0.05) is 30.3 Å². The number of hydrogen-bond acceptors (Lipinski definition) is 3. The molecule has 0 aliphatic carbocycles. The molecule has 3 aromatic rings. The maximum absolute atomic E-state index is 12.6. The molecule has 0 unspecified atom stereocenters. The van der Waals surface area contributed by atoms with E-state index in [4.69, 9.17) is 4.74 Å². The fraction of sp³-hybridized carbons (Fsp3) is 0.348. The summed E-state index contributed by atoms with van der Waals surface area (Å²) in [6.07, 6.45) is 2.56. The van der Waals surface area contributed by atoms with E-state index in [9.17, 15) is 4.79 Å². The fourth-order valence-corrected chi connectivity index (χ4v) is 3.74. The molecule has 5 heteroatoms. The molecule has 146 valence electrons. The van der Waals surface area contributed by atoms with E-state index < -0.39 is 0 Å². The molecule has 1 aliphatic heterocycles. The van der Waals surface area contributed by atoms with Gasteiger partial charge in [0.05, 0.1) is 13.2 Å². The number of ether oxygens (including phenoxy) is 1. The van der Waals surface area contributed by atoms with Gasteiger partial charge in [0.15, 0.2) is 0 Å². The van der Waals surface area contributed by atoms with E-state index in [-0.39, 0.29) is 5.91 Å². The van der Waals surface area contributed by atoms with E-state index in [2.05, 4.69) is 58.1 Å². The lowest BCUT2D eigenvalue weighted by Gasteiger charge is -2.29. The third kappa shape index (κ3) is 4.20. The second kappa shape index (κ2) is 8.48. The van der Waals surface area contributed by atoms with Crippen molar-refractivity contribution in [1.82, 2.24) is 9.47 Å². The number of hydrogen-bond donors (Lipinski definition) is 0. The molecular formula is C23H27N3O2. The standard InChI is InChI=1S/C23H27N3O2/c1-24(18-19-6-8-21(9-7-19)25-14-16-28-17-15-25)23(27)11-13-26-12-10-20-4-2-3-5-22(20)26/h2-10,12H,11,13-18H2,1H3. The summed E-state index contributed by atoms with van der Waals surface area (Å²) in [5.41, 5.74) is 3.55. The van der Waals surface area contributed by atoms with Crippen LogP contribution < -0.4 is 4.90 Å². The fourth-order valence-electron chi connectivity index (χ4n) is 3.74. The van der Waals surface area contributed by atoms with Crippen LogP contribution in [0, 0.1) is 0 Å². The SMILES string of the molecule is CN(Cc1ccc(N2CCOCC2)cc1)C(=O)CCn1ccc2ccccc21. The van der Waals surface area contributed by atoms with Crippen molar-refractivity contribution in [2.24, 2.45) is 0 Å². The van der Waals surface area contributed by atoms with Crippen molar-refractivity contribution in [3.05, 3.63) is 66.4 Å². The summed E-state index contributed by atoms with van der Waals surface area (Å²) < 4.78 is 7.56. The molecule has 5 nitrogen and oxygen atoms in total. The van der Waals surface area contributed by atoms with Crippen molar-refractivity contribution in [1.29, 1.82) is 0 Å². The van der Waals surface area contributed by atoms with Crippen LogP contribution in [0.15, 0.2) is 60.8 Å². The number of carbonyl (C=O) groups is 1. The van der Waals surface area contributed by atoms with Gasteiger partial charge in [0.25, 0.3) is 0 Å². The number of para-hydroxylation sites is 1. The number of aromatic nitrogens is 1. The van der Waals surface area contributed by atoms with Crippen molar-refractivity contribution in [2.45, 2.75) is 19.5 Å². The summed E-state index contributed by atoms with van der Waals surface area (Å²) in [6.45, 7) is 4.78. The summed E-state index contributed by atoms with van der Waals surface area (Å²) in [4.78, 5) is 16.7. The number of rotatable bonds is 6. The zero-order valence-electron chi connectivity index (χ0n) is 16.4. The predicted octanol–water partition coefficient (Wildman–Crippen LogP) is 3.53. The Morgan fingerprint density at radius 3 is 2.57 bits per heavy atom. The summed E-state index contributed by atoms with van der Waals surface area (Å²) in [5.74, 6) is 0.162. The Morgan fingerprint density at radius 2 is 1.79 bits per heavy atom. The van der Waals surface area contributed by atoms with Crippen LogP contribution in [0.3, 0.4) is 0 Å². The molecule has 4 rings (SSSR count). The topological polar surface area (TPSA) is 37.7 Å². The zero-order valence-corrected chi connectivity index (χ0v) is 16.4. The normalized spacial score (nSPS) is 14.4. The molecule has 0 radical (unpaired) electrons. The van der Waals surface area contributed by atoms with E-state index >= 15 is 0 Å². The Labute approximate surface area is 166 Å². The molecular weight excluding hydrogens is 350 g/mol. The van der Waals surface area contributed by atoms with Crippen molar-refractivity contribution in [3.63, 3.8) is 0 Å². The molecule has 0 bridgehead atoms. The second-order valence-corrected chi connectivity index (χ2v) is 7.33. The third-order valence-electron chi connectivity index (χ3n) is 5.40. The first-order chi connectivity index (χ1) is 13.7. The summed E-state index contributed by atoms with van der Waals surface area (Å²) in [5, 5.41) is 1.21. The smallest absolute Gasteiger partial charge is 0.224 e. The van der Waals surface area contributed by atoms with Gasteiger partial charge in [0.2, 0.25) is 5.91 Å². The third-order valence-corrected chi connectivity index (χ3v) is 5.40. The Bertz CT molecular complexity index is 926. The van der Waals surface area contributed by atoms with Gasteiger partial charge in [-0.25, -0.2) is 0 Å². The average molecular weight is 377 g/mol. The minimum atomic E-state index is 0.162. The van der Waals surface area contributed by atoms with Crippen LogP contribution in [0.4, 0.5) is 5.69 Å². The first-order valence-electron chi connectivity index (χ1n) is 9.90. The minimum Gasteiger partial charge on any atom is -0.378 e. The van der Waals surface area contributed by atoms with Crippen LogP contribution in [0.25, 0.3) is 10.9 Å². The quantitative estimate of drug-likeness (QED) is 0.660. The van der Waals surface area contributed by atoms with E-state index in [0.717, 1.165) is 31.9 Å². The van der Waals surface area contributed by atoms with Gasteiger partial charge in [-0.15, -0.1) is 0 Å². The Balaban J connectivity index is 1.31. The Hall–Kier alpha value is -2.79. The molecule has 0 atom stereocenters. The number of amides is 1. The van der Waals surface area contributed by atoms with Crippen molar-refractivity contribution >= 4 is 22.5 Å². The molecule has 2 aromatic carbocycles. The molecule has 0 N–H and O–H groups in total. The van der Waals surface area contributed by atoms with Gasteiger partial charge in [-0.3, -0.25) is 4.79 Å². The molecule has 28 heavy (non-hydrogen) atoms. The van der Waals surface area contributed by atoms with Gasteiger partial charge in [-0.05, 0) is 35.2 Å². The van der Waals surface area contributed by atoms with Gasteiger partial charge >= 0.3 is 0 Å². The number of fused-ring (bicyclic) bond motifs is 1. The van der Waals surface area contributed by atoms with Crippen LogP contribution in [0.1, 0.15) is 12.0 Å². The summed E-state index contributed by atoms with van der Waals surface area (Å²) in [7, 11) is 1.88. The van der Waals surface area contributed by atoms with Gasteiger partial charge in [0, 0.05) is 57.0 Å². The highest BCUT2D eigenvalue weighted by molar-refractivity contribution is 5.80. The lowest BCUT2D eigenvalue weighted by molar-refractivity contribution is -0.130. The first-order valence-corrected chi connectivity index (χ1v) is 9.90. The van der Waals surface area contributed by atoms with Crippen molar-refractivity contribution in [3.8, 4) is 0 Å². The molecule has 0 spiro atoms. The van der Waals surface area contributed by atoms with E-state index in [1.165, 1.54) is 16.6 Å². The van der Waals surface area contributed by atoms with E-state index in [1.807, 2.05) is 24.1 Å². The number of nitrogens with zero attached hydrogens (tertiary/aromatic N) is 3. The van der Waals surface area contributed by atoms with Gasteiger partial charge in [-0.2, -0.15) is 0 Å². The molecule has 1 aromatic heterocycles. The van der Waals surface area contributed by atoms with Crippen LogP contribution in [-0.4, -0.2) is 48.7 Å². The highest BCUT2D eigenvalue weighted by Gasteiger charge is 2.13. The molecule has 0 saturated carbocycles. The number of benzene rings is 2. The highest BCUT2D eigenvalue weighted by atomic mass is 16.5. The number of aryl methyl sites for hydroxylation is 1. The molecule has 1 fully saturated rings. The molecule has 2 heterocycles. The van der Waals surface area contributed by atoms with E-state index in [0.29, 0.717) is 19.5 Å². The highest BCUT2D eigenvalue weighted by Crippen LogP contribution is 2.18. The summed E-state index contributed by atoms with van der Waals surface area (Å²) in [6, 6.07) is 18.9. The van der Waals surface area contributed by atoms with Crippen LogP contribution >= 0.6 is 0 Å². The predicted molar refractivity (Wildman–Crippen MR) is 113 cm³/mol. The van der Waals surface area contributed by atoms with Crippen LogP contribution in [0.5, 0.6) is 0 Å². The van der Waals surface area contributed by atoms with Crippen molar-refractivity contribution < 1.29 is 9.53 Å². The Kier molecular flexibility index (Phi) is 5.63. The molecule has 1 amide bonds. The lowest BCUT2D eigenvalue weighted by Crippen LogP contribution is -2.36. The number of carbonyl (C=O) groups excluding carboxylic acids is 1. The molecule has 1 saturated heterocycles. The number of morpholine rings is 1. The second-order valence-electron chi connectivity index (χ2n) is 7.33. The lowest BCUT2D eigenvalue weighted by atomic mass is 10.1. The van der Waals surface area contributed by atoms with Crippen molar-refractivity contribution in [2.75, 3.05) is 38.3 Å². The van der Waals surface area contributed by atoms with Crippen LogP contribution in [0.2, 0.25) is 0 Å². The average Bonchev–Trinajstić information content (AvgIpc) is 3.16. The van der Waals surface area contributed by atoms with Gasteiger partial charge in [0.1, 0.15) is 0 Å². The first kappa shape index (κ1) is 18.6. The van der Waals surface area contributed by atoms with Crippen LogP contribution in [-0.2, 0) is 22.6 Å². The number of anilines is 1. The minimum absolute atomic E-state index is 0.162. The maximum Gasteiger partial charge on any atom is 0.224 e. The molecule has 1 aliphatic rings.